The van der Waals surface area contributed by atoms with Crippen molar-refractivity contribution in [1.29, 1.82) is 0 Å². The van der Waals surface area contributed by atoms with E-state index in [4.69, 9.17) is 9.47 Å². The van der Waals surface area contributed by atoms with E-state index >= 15 is 0 Å². The molecule has 0 amide bonds. The van der Waals surface area contributed by atoms with Gasteiger partial charge in [-0.05, 0) is 30.7 Å². The zero-order valence-corrected chi connectivity index (χ0v) is 12.0. The van der Waals surface area contributed by atoms with Crippen LogP contribution in [0.3, 0.4) is 0 Å². The minimum Gasteiger partial charge on any atom is -0.497 e. The highest BCUT2D eigenvalue weighted by Crippen LogP contribution is 2.22. The Labute approximate surface area is 111 Å². The Bertz CT molecular complexity index is 374. The molecular weight excluding hydrogens is 250 g/mol. The van der Waals surface area contributed by atoms with E-state index in [0.29, 0.717) is 0 Å². The average Bonchev–Trinajstić information content (AvgIpc) is 2.37. The fourth-order valence-electron chi connectivity index (χ4n) is 1.60. The first kappa shape index (κ1) is 15.0. The van der Waals surface area contributed by atoms with Crippen molar-refractivity contribution in [2.75, 3.05) is 32.8 Å². The van der Waals surface area contributed by atoms with Crippen LogP contribution in [0.5, 0.6) is 11.5 Å². The molecule has 0 radical (unpaired) electrons. The summed E-state index contributed by atoms with van der Waals surface area (Å²) in [5, 5.41) is 3.31. The fraction of sp³-hybridized carbons (Fsp3) is 0.538. The molecule has 1 aromatic rings. The van der Waals surface area contributed by atoms with Gasteiger partial charge >= 0.3 is 0 Å². The molecule has 0 aliphatic heterocycles. The SMILES string of the molecule is COc1cc(CNCCCS(C)=O)cc(OC)c1. The lowest BCUT2D eigenvalue weighted by atomic mass is 10.2. The predicted octanol–water partition coefficient (Wildman–Crippen LogP) is 1.56. The van der Waals surface area contributed by atoms with Crippen molar-refractivity contribution >= 4 is 10.8 Å². The second-order valence-corrected chi connectivity index (χ2v) is 5.58. The first-order valence-electron chi connectivity index (χ1n) is 5.88. The van der Waals surface area contributed by atoms with Gasteiger partial charge in [0, 0.05) is 35.4 Å². The van der Waals surface area contributed by atoms with E-state index in [1.165, 1.54) is 0 Å². The molecule has 4 nitrogen and oxygen atoms in total. The Balaban J connectivity index is 2.43. The molecule has 1 atom stereocenters. The van der Waals surface area contributed by atoms with Crippen LogP contribution in [0, 0.1) is 0 Å². The molecule has 0 saturated heterocycles. The van der Waals surface area contributed by atoms with E-state index < -0.39 is 10.8 Å². The number of ether oxygens (including phenoxy) is 2. The zero-order chi connectivity index (χ0) is 13.4. The lowest BCUT2D eigenvalue weighted by molar-refractivity contribution is 0.393. The summed E-state index contributed by atoms with van der Waals surface area (Å²) in [4.78, 5) is 0. The molecule has 0 saturated carbocycles. The Morgan fingerprint density at radius 2 is 1.78 bits per heavy atom. The van der Waals surface area contributed by atoms with Crippen LogP contribution < -0.4 is 14.8 Å². The molecular formula is C13H21NO3S. The van der Waals surface area contributed by atoms with Crippen molar-refractivity contribution in [3.8, 4) is 11.5 Å². The van der Waals surface area contributed by atoms with E-state index in [1.807, 2.05) is 18.2 Å². The van der Waals surface area contributed by atoms with Crippen LogP contribution in [0.4, 0.5) is 0 Å². The van der Waals surface area contributed by atoms with Gasteiger partial charge in [-0.3, -0.25) is 4.21 Å². The lowest BCUT2D eigenvalue weighted by Crippen LogP contribution is -2.16. The summed E-state index contributed by atoms with van der Waals surface area (Å²) in [7, 11) is 2.58. The van der Waals surface area contributed by atoms with Crippen LogP contribution in [-0.2, 0) is 17.3 Å². The predicted molar refractivity (Wildman–Crippen MR) is 74.8 cm³/mol. The van der Waals surface area contributed by atoms with Gasteiger partial charge in [0.05, 0.1) is 14.2 Å². The molecule has 0 aliphatic rings. The summed E-state index contributed by atoms with van der Waals surface area (Å²) in [5.74, 6) is 2.33. The van der Waals surface area contributed by atoms with Crippen molar-refractivity contribution in [2.24, 2.45) is 0 Å². The second kappa shape index (κ2) is 8.11. The molecule has 0 spiro atoms. The molecule has 1 N–H and O–H groups in total. The molecule has 5 heteroatoms. The van der Waals surface area contributed by atoms with Crippen molar-refractivity contribution in [1.82, 2.24) is 5.32 Å². The lowest BCUT2D eigenvalue weighted by Gasteiger charge is -2.09. The minimum atomic E-state index is -0.704. The van der Waals surface area contributed by atoms with E-state index in [1.54, 1.807) is 20.5 Å². The maximum atomic E-state index is 10.9. The van der Waals surface area contributed by atoms with E-state index in [-0.39, 0.29) is 0 Å². The number of hydrogen-bond donors (Lipinski definition) is 1. The van der Waals surface area contributed by atoms with Gasteiger partial charge in [-0.1, -0.05) is 0 Å². The monoisotopic (exact) mass is 271 g/mol. The van der Waals surface area contributed by atoms with Crippen LogP contribution in [-0.4, -0.2) is 37.0 Å². The molecule has 1 aromatic carbocycles. The largest absolute Gasteiger partial charge is 0.497 e. The third-order valence-corrected chi connectivity index (χ3v) is 3.39. The first-order chi connectivity index (χ1) is 8.65. The fourth-order valence-corrected chi connectivity index (χ4v) is 2.15. The normalized spacial score (nSPS) is 12.2. The topological polar surface area (TPSA) is 47.6 Å². The van der Waals surface area contributed by atoms with Gasteiger partial charge in [0.25, 0.3) is 0 Å². The Morgan fingerprint density at radius 1 is 1.17 bits per heavy atom. The van der Waals surface area contributed by atoms with E-state index in [2.05, 4.69) is 5.32 Å². The van der Waals surface area contributed by atoms with Gasteiger partial charge < -0.3 is 14.8 Å². The number of hydrogen-bond acceptors (Lipinski definition) is 4. The Morgan fingerprint density at radius 3 is 2.28 bits per heavy atom. The summed E-state index contributed by atoms with van der Waals surface area (Å²) >= 11 is 0. The van der Waals surface area contributed by atoms with Gasteiger partial charge in [-0.25, -0.2) is 0 Å². The smallest absolute Gasteiger partial charge is 0.122 e. The van der Waals surface area contributed by atoms with Crippen molar-refractivity contribution in [3.63, 3.8) is 0 Å². The van der Waals surface area contributed by atoms with Gasteiger partial charge in [-0.15, -0.1) is 0 Å². The molecule has 0 fully saturated rings. The summed E-state index contributed by atoms with van der Waals surface area (Å²) in [6.45, 7) is 1.61. The number of methoxy groups -OCH3 is 2. The van der Waals surface area contributed by atoms with E-state index in [0.717, 1.165) is 42.3 Å². The maximum Gasteiger partial charge on any atom is 0.122 e. The molecule has 0 aromatic heterocycles. The summed E-state index contributed by atoms with van der Waals surface area (Å²) in [6, 6.07) is 5.81. The molecule has 1 rings (SSSR count). The van der Waals surface area contributed by atoms with Crippen LogP contribution in [0.1, 0.15) is 12.0 Å². The molecule has 18 heavy (non-hydrogen) atoms. The molecule has 0 heterocycles. The highest BCUT2D eigenvalue weighted by Gasteiger charge is 2.01. The highest BCUT2D eigenvalue weighted by molar-refractivity contribution is 7.84. The third kappa shape index (κ3) is 5.51. The van der Waals surface area contributed by atoms with Gasteiger partial charge in [-0.2, -0.15) is 0 Å². The minimum absolute atomic E-state index is 0.704. The maximum absolute atomic E-state index is 10.9. The van der Waals surface area contributed by atoms with Crippen LogP contribution >= 0.6 is 0 Å². The quantitative estimate of drug-likeness (QED) is 0.729. The van der Waals surface area contributed by atoms with Crippen LogP contribution in [0.15, 0.2) is 18.2 Å². The number of nitrogens with one attached hydrogen (secondary N) is 1. The van der Waals surface area contributed by atoms with E-state index in [9.17, 15) is 4.21 Å². The highest BCUT2D eigenvalue weighted by atomic mass is 32.2. The summed E-state index contributed by atoms with van der Waals surface area (Å²) < 4.78 is 21.3. The van der Waals surface area contributed by atoms with Gasteiger partial charge in [0.1, 0.15) is 11.5 Å². The summed E-state index contributed by atoms with van der Waals surface area (Å²) in [6.07, 6.45) is 2.65. The van der Waals surface area contributed by atoms with Crippen molar-refractivity contribution in [3.05, 3.63) is 23.8 Å². The van der Waals surface area contributed by atoms with Crippen molar-refractivity contribution in [2.45, 2.75) is 13.0 Å². The summed E-state index contributed by atoms with van der Waals surface area (Å²) in [5.41, 5.74) is 1.11. The van der Waals surface area contributed by atoms with Crippen LogP contribution in [0.25, 0.3) is 0 Å². The second-order valence-electron chi connectivity index (χ2n) is 4.03. The van der Waals surface area contributed by atoms with Crippen LogP contribution in [0.2, 0.25) is 0 Å². The molecule has 0 bridgehead atoms. The Hall–Kier alpha value is -1.07. The third-order valence-electron chi connectivity index (χ3n) is 2.53. The molecule has 102 valence electrons. The molecule has 1 unspecified atom stereocenters. The standard InChI is InChI=1S/C13H21NO3S/c1-16-12-7-11(8-13(9-12)17-2)10-14-5-4-6-18(3)15/h7-9,14H,4-6,10H2,1-3H3. The van der Waals surface area contributed by atoms with Gasteiger partial charge in [0.2, 0.25) is 0 Å². The zero-order valence-electron chi connectivity index (χ0n) is 11.2. The van der Waals surface area contributed by atoms with Crippen molar-refractivity contribution < 1.29 is 13.7 Å². The van der Waals surface area contributed by atoms with Gasteiger partial charge in [0.15, 0.2) is 0 Å². The Kier molecular flexibility index (Phi) is 6.75. The molecule has 0 aliphatic carbocycles. The number of rotatable bonds is 8. The average molecular weight is 271 g/mol. The number of benzene rings is 1. The first-order valence-corrected chi connectivity index (χ1v) is 7.61.